The van der Waals surface area contributed by atoms with Crippen molar-refractivity contribution in [1.82, 2.24) is 4.72 Å². The number of sulfonamides is 1. The molecule has 1 saturated carbocycles. The molecule has 5 heteroatoms. The van der Waals surface area contributed by atoms with Crippen LogP contribution >= 0.6 is 0 Å². The number of rotatable bonds is 5. The van der Waals surface area contributed by atoms with E-state index in [1.165, 1.54) is 18.9 Å². The Bertz CT molecular complexity index is 495. The monoisotopic (exact) mass is 254 g/mol. The summed E-state index contributed by atoms with van der Waals surface area (Å²) in [5, 5.41) is 0. The van der Waals surface area contributed by atoms with Crippen molar-refractivity contribution in [2.45, 2.75) is 24.7 Å². The molecule has 0 aromatic heterocycles. The molecule has 1 aliphatic rings. The molecule has 2 rings (SSSR count). The third-order valence-corrected chi connectivity index (χ3v) is 4.61. The zero-order valence-corrected chi connectivity index (χ0v) is 10.7. The summed E-state index contributed by atoms with van der Waals surface area (Å²) < 4.78 is 26.6. The van der Waals surface area contributed by atoms with Gasteiger partial charge in [0.05, 0.1) is 4.90 Å². The normalized spacial score (nSPS) is 17.9. The lowest BCUT2D eigenvalue weighted by atomic mass is 10.1. The fourth-order valence-electron chi connectivity index (χ4n) is 1.84. The highest BCUT2D eigenvalue weighted by atomic mass is 32.2. The van der Waals surface area contributed by atoms with Gasteiger partial charge in [0.1, 0.15) is 0 Å². The molecule has 0 aliphatic heterocycles. The number of nitrogens with two attached hydrogens (primary N) is 1. The summed E-state index contributed by atoms with van der Waals surface area (Å²) in [6.07, 6.45) is 2.45. The Morgan fingerprint density at radius 3 is 2.76 bits per heavy atom. The minimum atomic E-state index is -3.41. The highest BCUT2D eigenvalue weighted by molar-refractivity contribution is 7.89. The summed E-state index contributed by atoms with van der Waals surface area (Å²) in [5.74, 6) is 1.10. The standard InChI is InChI=1S/C12H18N2O2S/c1-9(10-5-6-10)8-14-17(15,16)12-4-2-3-11(13)7-12/h2-4,7,9-10,14H,5-6,8,13H2,1H3. The molecule has 0 spiro atoms. The third-order valence-electron chi connectivity index (χ3n) is 3.19. The summed E-state index contributed by atoms with van der Waals surface area (Å²) in [5.41, 5.74) is 6.04. The SMILES string of the molecule is CC(CNS(=O)(=O)c1cccc(N)c1)C1CC1. The molecule has 1 aliphatic carbocycles. The molecule has 0 amide bonds. The van der Waals surface area contributed by atoms with Crippen LogP contribution in [0.5, 0.6) is 0 Å². The van der Waals surface area contributed by atoms with Crippen LogP contribution in [0.25, 0.3) is 0 Å². The van der Waals surface area contributed by atoms with Gasteiger partial charge in [-0.25, -0.2) is 13.1 Å². The van der Waals surface area contributed by atoms with Gasteiger partial charge >= 0.3 is 0 Å². The third kappa shape index (κ3) is 3.20. The summed E-state index contributed by atoms with van der Waals surface area (Å²) in [6.45, 7) is 2.58. The zero-order chi connectivity index (χ0) is 12.5. The van der Waals surface area contributed by atoms with E-state index < -0.39 is 10.0 Å². The Morgan fingerprint density at radius 2 is 2.18 bits per heavy atom. The van der Waals surface area contributed by atoms with Crippen molar-refractivity contribution in [3.63, 3.8) is 0 Å². The van der Waals surface area contributed by atoms with Crippen LogP contribution in [-0.4, -0.2) is 15.0 Å². The maximum absolute atomic E-state index is 12.0. The molecule has 1 aromatic rings. The van der Waals surface area contributed by atoms with Gasteiger partial charge in [0, 0.05) is 12.2 Å². The van der Waals surface area contributed by atoms with Crippen molar-refractivity contribution in [3.8, 4) is 0 Å². The first-order valence-electron chi connectivity index (χ1n) is 5.84. The Hall–Kier alpha value is -1.07. The molecule has 1 aromatic carbocycles. The molecule has 1 unspecified atom stereocenters. The fraction of sp³-hybridized carbons (Fsp3) is 0.500. The lowest BCUT2D eigenvalue weighted by molar-refractivity contribution is 0.492. The largest absolute Gasteiger partial charge is 0.399 e. The van der Waals surface area contributed by atoms with Crippen LogP contribution < -0.4 is 10.5 Å². The predicted octanol–water partition coefficient (Wildman–Crippen LogP) is 1.59. The van der Waals surface area contributed by atoms with Crippen LogP contribution in [0.15, 0.2) is 29.2 Å². The minimum absolute atomic E-state index is 0.237. The molecule has 94 valence electrons. The van der Waals surface area contributed by atoms with Crippen LogP contribution in [0.1, 0.15) is 19.8 Å². The highest BCUT2D eigenvalue weighted by Gasteiger charge is 2.28. The van der Waals surface area contributed by atoms with E-state index in [0.717, 1.165) is 0 Å². The highest BCUT2D eigenvalue weighted by Crippen LogP contribution is 2.36. The van der Waals surface area contributed by atoms with E-state index in [1.54, 1.807) is 18.2 Å². The first-order valence-corrected chi connectivity index (χ1v) is 7.32. The van der Waals surface area contributed by atoms with Crippen LogP contribution in [0.2, 0.25) is 0 Å². The van der Waals surface area contributed by atoms with Gasteiger partial charge in [0.2, 0.25) is 10.0 Å². The maximum atomic E-state index is 12.0. The fourth-order valence-corrected chi connectivity index (χ4v) is 3.04. The number of nitrogens with one attached hydrogen (secondary N) is 1. The van der Waals surface area contributed by atoms with Crippen LogP contribution in [0.3, 0.4) is 0 Å². The van der Waals surface area contributed by atoms with Gasteiger partial charge in [0.15, 0.2) is 0 Å². The molecule has 4 nitrogen and oxygen atoms in total. The first kappa shape index (κ1) is 12.4. The Kier molecular flexibility index (Phi) is 3.40. The van der Waals surface area contributed by atoms with Crippen molar-refractivity contribution in [2.75, 3.05) is 12.3 Å². The van der Waals surface area contributed by atoms with Gasteiger partial charge in [-0.15, -0.1) is 0 Å². The molecule has 0 heterocycles. The summed E-state index contributed by atoms with van der Waals surface area (Å²) >= 11 is 0. The zero-order valence-electron chi connectivity index (χ0n) is 9.89. The lowest BCUT2D eigenvalue weighted by Crippen LogP contribution is -2.29. The lowest BCUT2D eigenvalue weighted by Gasteiger charge is -2.12. The van der Waals surface area contributed by atoms with E-state index in [0.29, 0.717) is 24.1 Å². The number of hydrogen-bond donors (Lipinski definition) is 2. The summed E-state index contributed by atoms with van der Waals surface area (Å²) in [4.78, 5) is 0.237. The maximum Gasteiger partial charge on any atom is 0.240 e. The van der Waals surface area contributed by atoms with Gasteiger partial charge in [-0.2, -0.15) is 0 Å². The van der Waals surface area contributed by atoms with E-state index in [1.807, 2.05) is 0 Å². The van der Waals surface area contributed by atoms with Crippen molar-refractivity contribution < 1.29 is 8.42 Å². The Labute approximate surface area is 102 Å². The summed E-state index contributed by atoms with van der Waals surface area (Å²) in [7, 11) is -3.41. The topological polar surface area (TPSA) is 72.2 Å². The van der Waals surface area contributed by atoms with Crippen molar-refractivity contribution in [3.05, 3.63) is 24.3 Å². The van der Waals surface area contributed by atoms with Crippen LogP contribution in [0, 0.1) is 11.8 Å². The molecular weight excluding hydrogens is 236 g/mol. The van der Waals surface area contributed by atoms with Gasteiger partial charge in [-0.05, 0) is 42.9 Å². The van der Waals surface area contributed by atoms with Gasteiger partial charge in [-0.3, -0.25) is 0 Å². The first-order chi connectivity index (χ1) is 7.99. The van der Waals surface area contributed by atoms with E-state index >= 15 is 0 Å². The molecule has 0 radical (unpaired) electrons. The van der Waals surface area contributed by atoms with Gasteiger partial charge < -0.3 is 5.73 Å². The number of anilines is 1. The quantitative estimate of drug-likeness (QED) is 0.784. The van der Waals surface area contributed by atoms with Gasteiger partial charge in [0.25, 0.3) is 0 Å². The number of hydrogen-bond acceptors (Lipinski definition) is 3. The van der Waals surface area contributed by atoms with Crippen LogP contribution in [0.4, 0.5) is 5.69 Å². The molecule has 0 saturated heterocycles. The van der Waals surface area contributed by atoms with E-state index in [9.17, 15) is 8.42 Å². The number of nitrogen functional groups attached to an aromatic ring is 1. The Balaban J connectivity index is 2.03. The molecule has 1 atom stereocenters. The second-order valence-electron chi connectivity index (χ2n) is 4.74. The second kappa shape index (κ2) is 4.66. The Morgan fingerprint density at radius 1 is 1.47 bits per heavy atom. The smallest absolute Gasteiger partial charge is 0.240 e. The van der Waals surface area contributed by atoms with Crippen molar-refractivity contribution in [1.29, 1.82) is 0 Å². The molecular formula is C12H18N2O2S. The van der Waals surface area contributed by atoms with Gasteiger partial charge in [-0.1, -0.05) is 13.0 Å². The van der Waals surface area contributed by atoms with Crippen molar-refractivity contribution >= 4 is 15.7 Å². The minimum Gasteiger partial charge on any atom is -0.399 e. The predicted molar refractivity (Wildman–Crippen MR) is 67.9 cm³/mol. The van der Waals surface area contributed by atoms with Crippen molar-refractivity contribution in [2.24, 2.45) is 11.8 Å². The van der Waals surface area contributed by atoms with E-state index in [2.05, 4.69) is 11.6 Å². The number of benzene rings is 1. The molecule has 1 fully saturated rings. The van der Waals surface area contributed by atoms with E-state index in [-0.39, 0.29) is 4.90 Å². The average molecular weight is 254 g/mol. The second-order valence-corrected chi connectivity index (χ2v) is 6.51. The summed E-state index contributed by atoms with van der Waals surface area (Å²) in [6, 6.07) is 6.35. The average Bonchev–Trinajstić information content (AvgIpc) is 3.10. The molecule has 17 heavy (non-hydrogen) atoms. The van der Waals surface area contributed by atoms with Crippen LogP contribution in [-0.2, 0) is 10.0 Å². The van der Waals surface area contributed by atoms with E-state index in [4.69, 9.17) is 5.73 Å². The molecule has 0 bridgehead atoms. The molecule has 3 N–H and O–H groups in total.